The Labute approximate surface area is 316 Å². The van der Waals surface area contributed by atoms with Crippen molar-refractivity contribution in [3.05, 3.63) is 93.0 Å². The third kappa shape index (κ3) is 6.19. The molecule has 2 aliphatic rings. The molecule has 5 rings (SSSR count). The number of halogens is 5. The maximum Gasteiger partial charge on any atom is 0.220 e. The summed E-state index contributed by atoms with van der Waals surface area (Å²) >= 11 is 0. The topological polar surface area (TPSA) is 6.48 Å². The summed E-state index contributed by atoms with van der Waals surface area (Å²) in [7, 11) is 0. The lowest BCUT2D eigenvalue weighted by molar-refractivity contribution is 0.0363. The van der Waals surface area contributed by atoms with Crippen molar-refractivity contribution >= 4 is 11.4 Å². The van der Waals surface area contributed by atoms with E-state index in [0.29, 0.717) is 12.1 Å². The van der Waals surface area contributed by atoms with Crippen molar-refractivity contribution in [3.63, 3.8) is 0 Å². The molecule has 292 valence electrons. The Kier molecular flexibility index (Phi) is 10.3. The van der Waals surface area contributed by atoms with Crippen molar-refractivity contribution in [2.45, 2.75) is 170 Å². The molecule has 2 fully saturated rings. The van der Waals surface area contributed by atoms with Crippen LogP contribution in [-0.2, 0) is 5.79 Å². The normalized spacial score (nSPS) is 23.4. The second kappa shape index (κ2) is 13.3. The Morgan fingerprint density at radius 3 is 1.30 bits per heavy atom. The minimum Gasteiger partial charge on any atom is -0.358 e. The molecule has 3 aromatic carbocycles. The van der Waals surface area contributed by atoms with Crippen molar-refractivity contribution in [2.75, 3.05) is 9.80 Å². The number of hydrogen-bond donors (Lipinski definition) is 0. The summed E-state index contributed by atoms with van der Waals surface area (Å²) in [6, 6.07) is 10.7. The summed E-state index contributed by atoms with van der Waals surface area (Å²) < 4.78 is 88.5. The molecule has 0 saturated carbocycles. The van der Waals surface area contributed by atoms with Gasteiger partial charge in [-0.25, -0.2) is 22.0 Å². The Bertz CT molecular complexity index is 1800. The fraction of sp³-hybridized carbons (Fsp3) is 0.609. The molecule has 2 atom stereocenters. The van der Waals surface area contributed by atoms with Crippen LogP contribution in [0.25, 0.3) is 0 Å². The van der Waals surface area contributed by atoms with Crippen molar-refractivity contribution in [1.29, 1.82) is 0 Å². The van der Waals surface area contributed by atoms with Gasteiger partial charge in [0.1, 0.15) is 0 Å². The van der Waals surface area contributed by atoms with E-state index in [9.17, 15) is 0 Å². The quantitative estimate of drug-likeness (QED) is 0.129. The van der Waals surface area contributed by atoms with Gasteiger partial charge in [0, 0.05) is 27.9 Å². The second-order valence-corrected chi connectivity index (χ2v) is 19.8. The molecule has 0 N–H and O–H groups in total. The predicted octanol–water partition coefficient (Wildman–Crippen LogP) is 14.3. The van der Waals surface area contributed by atoms with Crippen molar-refractivity contribution in [2.24, 2.45) is 10.8 Å². The van der Waals surface area contributed by atoms with E-state index in [2.05, 4.69) is 27.7 Å². The number of benzene rings is 3. The van der Waals surface area contributed by atoms with E-state index in [1.807, 2.05) is 111 Å². The van der Waals surface area contributed by atoms with Crippen LogP contribution >= 0.6 is 0 Å². The van der Waals surface area contributed by atoms with E-state index >= 15 is 22.0 Å². The minimum absolute atomic E-state index is 0.0594. The standard InChI is InChI=1S/C46H63F5N2/c1-25(2)29-19-17-20-30(26(3)4)39(29)52-41(42(9,10)23-44(52,13)14)33-35(47)37(49)34(38(50)36(33)48)46(51)43(11,12)24-45(15,16)53(46)40-31(27(5)6)21-18-22-32(40)28(7)8/h17-22,25-28,41H,23-24H2,1-16H3. The third-order valence-electron chi connectivity index (χ3n) is 12.3. The molecule has 0 spiro atoms. The zero-order valence-corrected chi connectivity index (χ0v) is 35.0. The van der Waals surface area contributed by atoms with Gasteiger partial charge in [0.25, 0.3) is 0 Å². The summed E-state index contributed by atoms with van der Waals surface area (Å²) in [6.45, 7) is 31.0. The molecule has 2 nitrogen and oxygen atoms in total. The molecule has 7 heteroatoms. The number of anilines is 2. The van der Waals surface area contributed by atoms with E-state index in [1.165, 1.54) is 4.90 Å². The average Bonchev–Trinajstić information content (AvgIpc) is 3.30. The van der Waals surface area contributed by atoms with Crippen LogP contribution in [0.1, 0.15) is 187 Å². The van der Waals surface area contributed by atoms with E-state index in [-0.39, 0.29) is 30.1 Å². The molecule has 2 aliphatic heterocycles. The highest BCUT2D eigenvalue weighted by Gasteiger charge is 2.67. The van der Waals surface area contributed by atoms with Gasteiger partial charge in [0.05, 0.1) is 17.2 Å². The number of alkyl halides is 1. The van der Waals surface area contributed by atoms with Gasteiger partial charge >= 0.3 is 0 Å². The molecule has 2 unspecified atom stereocenters. The fourth-order valence-corrected chi connectivity index (χ4v) is 10.6. The molecule has 0 aliphatic carbocycles. The van der Waals surface area contributed by atoms with Gasteiger partial charge in [-0.3, -0.25) is 0 Å². The summed E-state index contributed by atoms with van der Waals surface area (Å²) in [6.07, 6.45) is 0.663. The first-order valence-corrected chi connectivity index (χ1v) is 19.6. The molecule has 2 saturated heterocycles. The van der Waals surface area contributed by atoms with Gasteiger partial charge in [-0.05, 0) is 91.9 Å². The Hall–Kier alpha value is -3.09. The van der Waals surface area contributed by atoms with Gasteiger partial charge in [-0.1, -0.05) is 119 Å². The van der Waals surface area contributed by atoms with Crippen LogP contribution < -0.4 is 9.80 Å². The van der Waals surface area contributed by atoms with E-state index in [0.717, 1.165) is 27.9 Å². The van der Waals surface area contributed by atoms with Gasteiger partial charge < -0.3 is 9.80 Å². The van der Waals surface area contributed by atoms with E-state index < -0.39 is 68.1 Å². The highest BCUT2D eigenvalue weighted by molar-refractivity contribution is 5.69. The molecular weight excluding hydrogens is 676 g/mol. The van der Waals surface area contributed by atoms with E-state index in [1.54, 1.807) is 13.8 Å². The SMILES string of the molecule is CC(C)c1cccc(C(C)C)c1N1C(c2c(F)c(F)c(C3(F)N(c4c(C(C)C)cccc4C(C)C)C(C)(C)CC3(C)C)c(F)c2F)C(C)(C)CC1(C)C. The first kappa shape index (κ1) is 41.1. The monoisotopic (exact) mass is 738 g/mol. The number of nitrogens with zero attached hydrogens (tertiary/aromatic N) is 2. The van der Waals surface area contributed by atoms with Crippen LogP contribution in [-0.4, -0.2) is 11.1 Å². The fourth-order valence-electron chi connectivity index (χ4n) is 10.6. The van der Waals surface area contributed by atoms with Crippen LogP contribution in [0.3, 0.4) is 0 Å². The summed E-state index contributed by atoms with van der Waals surface area (Å²) in [5.41, 5.74) is -0.885. The largest absolute Gasteiger partial charge is 0.358 e. The molecule has 2 heterocycles. The van der Waals surface area contributed by atoms with Gasteiger partial charge in [0.15, 0.2) is 23.3 Å². The molecule has 0 amide bonds. The highest BCUT2D eigenvalue weighted by Crippen LogP contribution is 2.64. The van der Waals surface area contributed by atoms with Gasteiger partial charge in [0.2, 0.25) is 5.79 Å². The van der Waals surface area contributed by atoms with Crippen LogP contribution in [0, 0.1) is 34.1 Å². The lowest BCUT2D eigenvalue weighted by atomic mass is 9.74. The number of para-hydroxylation sites is 2. The van der Waals surface area contributed by atoms with Crippen LogP contribution in [0.5, 0.6) is 0 Å². The third-order valence-corrected chi connectivity index (χ3v) is 12.3. The summed E-state index contributed by atoms with van der Waals surface area (Å²) in [4.78, 5) is 3.46. The minimum atomic E-state index is -2.96. The molecule has 0 bridgehead atoms. The van der Waals surface area contributed by atoms with Crippen LogP contribution in [0.2, 0.25) is 0 Å². The lowest BCUT2D eigenvalue weighted by Gasteiger charge is -2.47. The first-order chi connectivity index (χ1) is 24.2. The van der Waals surface area contributed by atoms with Crippen LogP contribution in [0.4, 0.5) is 33.3 Å². The number of rotatable bonds is 8. The number of hydrogen-bond acceptors (Lipinski definition) is 2. The van der Waals surface area contributed by atoms with Crippen molar-refractivity contribution in [1.82, 2.24) is 0 Å². The van der Waals surface area contributed by atoms with Gasteiger partial charge in [-0.2, -0.15) is 0 Å². The zero-order chi connectivity index (χ0) is 40.1. The first-order valence-electron chi connectivity index (χ1n) is 19.6. The average molecular weight is 739 g/mol. The second-order valence-electron chi connectivity index (χ2n) is 19.8. The Morgan fingerprint density at radius 2 is 0.925 bits per heavy atom. The maximum absolute atomic E-state index is 18.9. The molecule has 0 aromatic heterocycles. The van der Waals surface area contributed by atoms with Gasteiger partial charge in [-0.15, -0.1) is 0 Å². The Balaban J connectivity index is 1.88. The Morgan fingerprint density at radius 1 is 0.547 bits per heavy atom. The summed E-state index contributed by atoms with van der Waals surface area (Å²) in [5, 5.41) is 0. The van der Waals surface area contributed by atoms with Crippen LogP contribution in [0.15, 0.2) is 36.4 Å². The zero-order valence-electron chi connectivity index (χ0n) is 35.0. The van der Waals surface area contributed by atoms with Crippen molar-refractivity contribution in [3.8, 4) is 0 Å². The smallest absolute Gasteiger partial charge is 0.220 e. The molecular formula is C46H63F5N2. The molecule has 0 radical (unpaired) electrons. The maximum atomic E-state index is 18.9. The lowest BCUT2D eigenvalue weighted by Crippen LogP contribution is -2.53. The molecule has 3 aromatic rings. The summed E-state index contributed by atoms with van der Waals surface area (Å²) in [5.74, 6) is -9.40. The molecule has 53 heavy (non-hydrogen) atoms. The highest BCUT2D eigenvalue weighted by atomic mass is 19.2. The predicted molar refractivity (Wildman–Crippen MR) is 211 cm³/mol. The van der Waals surface area contributed by atoms with Crippen molar-refractivity contribution < 1.29 is 22.0 Å². The van der Waals surface area contributed by atoms with E-state index in [4.69, 9.17) is 0 Å².